The molecule has 2 N–H and O–H groups in total. The van der Waals surface area contributed by atoms with Gasteiger partial charge in [0.05, 0.1) is 12.4 Å². The molecule has 0 aromatic heterocycles. The van der Waals surface area contributed by atoms with Crippen molar-refractivity contribution in [2.45, 2.75) is 11.8 Å². The van der Waals surface area contributed by atoms with E-state index >= 15 is 0 Å². The zero-order chi connectivity index (χ0) is 19.6. The topological polar surface area (TPSA) is 76.7 Å². The van der Waals surface area contributed by atoms with Crippen molar-refractivity contribution in [3.63, 3.8) is 0 Å². The number of anilines is 2. The summed E-state index contributed by atoms with van der Waals surface area (Å²) in [6.07, 6.45) is -0.572. The Balaban J connectivity index is 1.85. The highest BCUT2D eigenvalue weighted by molar-refractivity contribution is 9.10. The van der Waals surface area contributed by atoms with Crippen molar-refractivity contribution in [3.05, 3.63) is 52.5 Å². The minimum Gasteiger partial charge on any atom is -0.447 e. The van der Waals surface area contributed by atoms with Gasteiger partial charge < -0.3 is 14.8 Å². The summed E-state index contributed by atoms with van der Waals surface area (Å²) in [6, 6.07) is 12.8. The van der Waals surface area contributed by atoms with E-state index < -0.39 is 6.09 Å². The van der Waals surface area contributed by atoms with Crippen molar-refractivity contribution in [2.24, 2.45) is 0 Å². The van der Waals surface area contributed by atoms with E-state index in [0.717, 1.165) is 14.9 Å². The fraction of sp³-hybridized carbons (Fsp3) is 0.263. The SMILES string of the molecule is COCCOC(=O)Nc1cccc(NC(=O)CSc2ccc(Br)cc2C)c1. The van der Waals surface area contributed by atoms with Gasteiger partial charge in [0, 0.05) is 27.9 Å². The first kappa shape index (κ1) is 21.3. The second-order valence-electron chi connectivity index (χ2n) is 5.58. The Morgan fingerprint density at radius 1 is 1.07 bits per heavy atom. The van der Waals surface area contributed by atoms with Gasteiger partial charge >= 0.3 is 6.09 Å². The Bertz CT molecular complexity index is 801. The molecule has 2 rings (SSSR count). The monoisotopic (exact) mass is 452 g/mol. The molecule has 144 valence electrons. The van der Waals surface area contributed by atoms with E-state index in [0.29, 0.717) is 23.7 Å². The predicted octanol–water partition coefficient (Wildman–Crippen LogP) is 4.68. The number of thioether (sulfide) groups is 1. The van der Waals surface area contributed by atoms with Crippen molar-refractivity contribution in [3.8, 4) is 0 Å². The standard InChI is InChI=1S/C19H21BrN2O4S/c1-13-10-14(20)6-7-17(13)27-12-18(23)21-15-4-3-5-16(11-15)22-19(24)26-9-8-25-2/h3-7,10-11H,8-9,12H2,1-2H3,(H,21,23)(H,22,24). The molecule has 0 aliphatic carbocycles. The molecule has 0 atom stereocenters. The van der Waals surface area contributed by atoms with Crippen molar-refractivity contribution >= 4 is 51.1 Å². The van der Waals surface area contributed by atoms with Crippen molar-refractivity contribution in [1.29, 1.82) is 0 Å². The van der Waals surface area contributed by atoms with Crippen LogP contribution in [0, 0.1) is 6.92 Å². The Labute approximate surface area is 171 Å². The zero-order valence-electron chi connectivity index (χ0n) is 15.1. The first-order valence-corrected chi connectivity index (χ1v) is 9.97. The van der Waals surface area contributed by atoms with Crippen LogP contribution >= 0.6 is 27.7 Å². The van der Waals surface area contributed by atoms with Gasteiger partial charge in [0.1, 0.15) is 6.61 Å². The van der Waals surface area contributed by atoms with Gasteiger partial charge in [0.15, 0.2) is 0 Å². The lowest BCUT2D eigenvalue weighted by atomic mass is 10.2. The van der Waals surface area contributed by atoms with Crippen LogP contribution < -0.4 is 10.6 Å². The Hall–Kier alpha value is -2.03. The molecule has 0 heterocycles. The van der Waals surface area contributed by atoms with E-state index in [1.54, 1.807) is 24.3 Å². The lowest BCUT2D eigenvalue weighted by molar-refractivity contribution is -0.113. The molecule has 2 aromatic rings. The summed E-state index contributed by atoms with van der Waals surface area (Å²) in [5, 5.41) is 5.44. The second-order valence-corrected chi connectivity index (χ2v) is 7.51. The third kappa shape index (κ3) is 7.62. The normalized spacial score (nSPS) is 10.3. The quantitative estimate of drug-likeness (QED) is 0.448. The molecule has 0 aliphatic rings. The van der Waals surface area contributed by atoms with Crippen LogP contribution in [0.2, 0.25) is 0 Å². The van der Waals surface area contributed by atoms with Gasteiger partial charge in [-0.05, 0) is 48.9 Å². The third-order valence-corrected chi connectivity index (χ3v) is 5.08. The Morgan fingerprint density at radius 2 is 1.81 bits per heavy atom. The fourth-order valence-corrected chi connectivity index (χ4v) is 3.45. The van der Waals surface area contributed by atoms with Crippen LogP contribution in [0.3, 0.4) is 0 Å². The fourth-order valence-electron chi connectivity index (χ4n) is 2.16. The van der Waals surface area contributed by atoms with Gasteiger partial charge in [-0.1, -0.05) is 22.0 Å². The number of hydrogen-bond donors (Lipinski definition) is 2. The number of methoxy groups -OCH3 is 1. The minimum absolute atomic E-state index is 0.123. The Kier molecular flexibility index (Phi) is 8.63. The molecular formula is C19H21BrN2O4S. The van der Waals surface area contributed by atoms with E-state index in [-0.39, 0.29) is 12.5 Å². The van der Waals surface area contributed by atoms with Gasteiger partial charge in [-0.25, -0.2) is 4.79 Å². The number of carbonyl (C=O) groups excluding carboxylic acids is 2. The molecule has 0 saturated carbocycles. The molecule has 8 heteroatoms. The first-order valence-electron chi connectivity index (χ1n) is 8.19. The lowest BCUT2D eigenvalue weighted by Gasteiger charge is -2.10. The van der Waals surface area contributed by atoms with Crippen molar-refractivity contribution in [1.82, 2.24) is 0 Å². The molecule has 0 bridgehead atoms. The maximum absolute atomic E-state index is 12.2. The highest BCUT2D eigenvalue weighted by Gasteiger charge is 2.08. The summed E-state index contributed by atoms with van der Waals surface area (Å²) >= 11 is 4.90. The molecule has 0 aliphatic heterocycles. The first-order chi connectivity index (χ1) is 13.0. The molecule has 0 unspecified atom stereocenters. The maximum atomic E-state index is 12.2. The predicted molar refractivity (Wildman–Crippen MR) is 112 cm³/mol. The van der Waals surface area contributed by atoms with Gasteiger partial charge in [0.2, 0.25) is 5.91 Å². The summed E-state index contributed by atoms with van der Waals surface area (Å²) < 4.78 is 10.8. The van der Waals surface area contributed by atoms with Crippen LogP contribution in [-0.4, -0.2) is 38.1 Å². The highest BCUT2D eigenvalue weighted by atomic mass is 79.9. The zero-order valence-corrected chi connectivity index (χ0v) is 17.5. The second kappa shape index (κ2) is 11.0. The average Bonchev–Trinajstić information content (AvgIpc) is 2.61. The molecular weight excluding hydrogens is 432 g/mol. The number of carbonyl (C=O) groups is 2. The molecule has 0 radical (unpaired) electrons. The summed E-state index contributed by atoms with van der Waals surface area (Å²) in [6.45, 7) is 2.51. The summed E-state index contributed by atoms with van der Waals surface area (Å²) in [4.78, 5) is 24.9. The lowest BCUT2D eigenvalue weighted by Crippen LogP contribution is -2.17. The number of aryl methyl sites for hydroxylation is 1. The van der Waals surface area contributed by atoms with Crippen LogP contribution in [0.1, 0.15) is 5.56 Å². The van der Waals surface area contributed by atoms with E-state index in [1.807, 2.05) is 25.1 Å². The number of amides is 2. The minimum atomic E-state index is -0.572. The number of nitrogens with one attached hydrogen (secondary N) is 2. The van der Waals surface area contributed by atoms with Gasteiger partial charge in [-0.3, -0.25) is 10.1 Å². The summed E-state index contributed by atoms with van der Waals surface area (Å²) in [7, 11) is 1.53. The highest BCUT2D eigenvalue weighted by Crippen LogP contribution is 2.25. The Morgan fingerprint density at radius 3 is 2.52 bits per heavy atom. The average molecular weight is 453 g/mol. The van der Waals surface area contributed by atoms with Crippen LogP contribution in [-0.2, 0) is 14.3 Å². The van der Waals surface area contributed by atoms with Gasteiger partial charge in [-0.2, -0.15) is 0 Å². The molecule has 0 fully saturated rings. The van der Waals surface area contributed by atoms with E-state index in [9.17, 15) is 9.59 Å². The summed E-state index contributed by atoms with van der Waals surface area (Å²) in [5.74, 6) is 0.168. The number of rotatable bonds is 8. The molecule has 6 nitrogen and oxygen atoms in total. The third-order valence-electron chi connectivity index (χ3n) is 3.41. The molecule has 2 amide bonds. The van der Waals surface area contributed by atoms with Crippen LogP contribution in [0.5, 0.6) is 0 Å². The van der Waals surface area contributed by atoms with Crippen LogP contribution in [0.25, 0.3) is 0 Å². The number of hydrogen-bond acceptors (Lipinski definition) is 5. The largest absolute Gasteiger partial charge is 0.447 e. The maximum Gasteiger partial charge on any atom is 0.411 e. The molecule has 2 aromatic carbocycles. The van der Waals surface area contributed by atoms with Gasteiger partial charge in [0.25, 0.3) is 0 Å². The number of benzene rings is 2. The van der Waals surface area contributed by atoms with E-state index in [4.69, 9.17) is 9.47 Å². The van der Waals surface area contributed by atoms with Gasteiger partial charge in [-0.15, -0.1) is 11.8 Å². The van der Waals surface area contributed by atoms with Crippen molar-refractivity contribution < 1.29 is 19.1 Å². The van der Waals surface area contributed by atoms with E-state index in [1.165, 1.54) is 18.9 Å². The van der Waals surface area contributed by atoms with E-state index in [2.05, 4.69) is 26.6 Å². The van der Waals surface area contributed by atoms with Crippen LogP contribution in [0.4, 0.5) is 16.2 Å². The summed E-state index contributed by atoms with van der Waals surface area (Å²) in [5.41, 5.74) is 2.25. The molecule has 0 saturated heterocycles. The molecule has 0 spiro atoms. The molecule has 27 heavy (non-hydrogen) atoms. The smallest absolute Gasteiger partial charge is 0.411 e. The number of halogens is 1. The van der Waals surface area contributed by atoms with Crippen molar-refractivity contribution in [2.75, 3.05) is 36.7 Å². The van der Waals surface area contributed by atoms with Crippen LogP contribution in [0.15, 0.2) is 51.8 Å². The number of ether oxygens (including phenoxy) is 2.